The van der Waals surface area contributed by atoms with Crippen molar-refractivity contribution in [2.24, 2.45) is 5.92 Å². The number of amides is 1. The van der Waals surface area contributed by atoms with Crippen molar-refractivity contribution < 1.29 is 9.18 Å². The third-order valence-corrected chi connectivity index (χ3v) is 4.54. The summed E-state index contributed by atoms with van der Waals surface area (Å²) in [5, 5.41) is 3.78. The van der Waals surface area contributed by atoms with E-state index in [0.29, 0.717) is 16.9 Å². The molecule has 3 rings (SSSR count). The zero-order valence-electron chi connectivity index (χ0n) is 15.3. The highest BCUT2D eigenvalue weighted by Crippen LogP contribution is 2.29. The highest BCUT2D eigenvalue weighted by Gasteiger charge is 2.30. The predicted molar refractivity (Wildman–Crippen MR) is 102 cm³/mol. The van der Waals surface area contributed by atoms with Crippen LogP contribution >= 0.6 is 0 Å². The van der Waals surface area contributed by atoms with Gasteiger partial charge in [-0.1, -0.05) is 56.3 Å². The standard InChI is InChI=1S/C22H23FN2O/c1-15(2)13-22(3,18-9-5-4-6-10-18)25-21(26)17-12-16-8-7-11-19(23)20(16)24-14-17/h4-12,14-15H,13H2,1-3H3,(H,25,26). The normalized spacial score (nSPS) is 13.6. The van der Waals surface area contributed by atoms with Crippen molar-refractivity contribution in [2.75, 3.05) is 0 Å². The topological polar surface area (TPSA) is 42.0 Å². The van der Waals surface area contributed by atoms with Gasteiger partial charge in [-0.25, -0.2) is 4.39 Å². The average Bonchev–Trinajstić information content (AvgIpc) is 2.61. The molecule has 1 unspecified atom stereocenters. The summed E-state index contributed by atoms with van der Waals surface area (Å²) in [6.07, 6.45) is 2.24. The Morgan fingerprint density at radius 1 is 1.15 bits per heavy atom. The van der Waals surface area contributed by atoms with E-state index in [0.717, 1.165) is 12.0 Å². The van der Waals surface area contributed by atoms with Gasteiger partial charge in [-0.2, -0.15) is 0 Å². The second kappa shape index (κ2) is 7.24. The van der Waals surface area contributed by atoms with E-state index < -0.39 is 5.54 Å². The summed E-state index contributed by atoms with van der Waals surface area (Å²) in [5.41, 5.74) is 1.26. The minimum Gasteiger partial charge on any atom is -0.343 e. The molecule has 0 aliphatic heterocycles. The quantitative estimate of drug-likeness (QED) is 0.698. The number of rotatable bonds is 5. The first-order valence-electron chi connectivity index (χ1n) is 8.81. The van der Waals surface area contributed by atoms with Crippen molar-refractivity contribution in [1.82, 2.24) is 10.3 Å². The number of benzene rings is 2. The lowest BCUT2D eigenvalue weighted by Crippen LogP contribution is -2.44. The summed E-state index contributed by atoms with van der Waals surface area (Å²) in [6, 6.07) is 16.4. The Morgan fingerprint density at radius 2 is 1.88 bits per heavy atom. The molecule has 26 heavy (non-hydrogen) atoms. The molecule has 0 aliphatic carbocycles. The first-order valence-corrected chi connectivity index (χ1v) is 8.81. The molecule has 2 aromatic carbocycles. The van der Waals surface area contributed by atoms with Crippen molar-refractivity contribution >= 4 is 16.8 Å². The fourth-order valence-electron chi connectivity index (χ4n) is 3.43. The van der Waals surface area contributed by atoms with Crippen molar-refractivity contribution in [3.63, 3.8) is 0 Å². The van der Waals surface area contributed by atoms with Gasteiger partial charge >= 0.3 is 0 Å². The van der Waals surface area contributed by atoms with Crippen LogP contribution < -0.4 is 5.32 Å². The maximum absolute atomic E-state index is 13.8. The largest absolute Gasteiger partial charge is 0.343 e. The number of halogens is 1. The van der Waals surface area contributed by atoms with E-state index in [1.54, 1.807) is 18.2 Å². The molecule has 0 saturated heterocycles. The van der Waals surface area contributed by atoms with Gasteiger partial charge in [0.05, 0.1) is 11.1 Å². The number of para-hydroxylation sites is 1. The molecule has 3 nitrogen and oxygen atoms in total. The lowest BCUT2D eigenvalue weighted by atomic mass is 9.83. The number of fused-ring (bicyclic) bond motifs is 1. The number of nitrogens with zero attached hydrogens (tertiary/aromatic N) is 1. The molecule has 0 spiro atoms. The second-order valence-electron chi connectivity index (χ2n) is 7.29. The maximum Gasteiger partial charge on any atom is 0.253 e. The lowest BCUT2D eigenvalue weighted by Gasteiger charge is -2.33. The third-order valence-electron chi connectivity index (χ3n) is 4.54. The van der Waals surface area contributed by atoms with Gasteiger partial charge in [0.15, 0.2) is 0 Å². The van der Waals surface area contributed by atoms with E-state index in [1.165, 1.54) is 12.3 Å². The summed E-state index contributed by atoms with van der Waals surface area (Å²) < 4.78 is 13.8. The van der Waals surface area contributed by atoms with Gasteiger partial charge in [-0.15, -0.1) is 0 Å². The van der Waals surface area contributed by atoms with Gasteiger partial charge in [0, 0.05) is 11.6 Å². The van der Waals surface area contributed by atoms with E-state index in [4.69, 9.17) is 0 Å². The van der Waals surface area contributed by atoms with E-state index in [2.05, 4.69) is 24.1 Å². The number of carbonyl (C=O) groups excluding carboxylic acids is 1. The Hall–Kier alpha value is -2.75. The fraction of sp³-hybridized carbons (Fsp3) is 0.273. The average molecular weight is 350 g/mol. The molecular weight excluding hydrogens is 327 g/mol. The van der Waals surface area contributed by atoms with Crippen molar-refractivity contribution in [3.8, 4) is 0 Å². The van der Waals surface area contributed by atoms with Crippen LogP contribution in [0.25, 0.3) is 10.9 Å². The number of hydrogen-bond donors (Lipinski definition) is 1. The fourth-order valence-corrected chi connectivity index (χ4v) is 3.43. The molecule has 1 heterocycles. The minimum absolute atomic E-state index is 0.212. The highest BCUT2D eigenvalue weighted by molar-refractivity contribution is 5.97. The first kappa shape index (κ1) is 18.1. The van der Waals surface area contributed by atoms with Crippen LogP contribution in [-0.2, 0) is 5.54 Å². The van der Waals surface area contributed by atoms with Crippen LogP contribution in [0.4, 0.5) is 4.39 Å². The Kier molecular flexibility index (Phi) is 5.03. The number of nitrogens with one attached hydrogen (secondary N) is 1. The zero-order chi connectivity index (χ0) is 18.7. The molecule has 134 valence electrons. The number of aromatic nitrogens is 1. The molecule has 0 saturated carbocycles. The Bertz CT molecular complexity index is 924. The number of carbonyl (C=O) groups is 1. The second-order valence-corrected chi connectivity index (χ2v) is 7.29. The number of pyridine rings is 1. The van der Waals surface area contributed by atoms with Crippen molar-refractivity contribution in [3.05, 3.63) is 77.7 Å². The predicted octanol–water partition coefficient (Wildman–Crippen LogP) is 5.07. The smallest absolute Gasteiger partial charge is 0.253 e. The molecule has 0 bridgehead atoms. The lowest BCUT2D eigenvalue weighted by molar-refractivity contribution is 0.0892. The molecule has 1 aromatic heterocycles. The summed E-state index contributed by atoms with van der Waals surface area (Å²) in [6.45, 7) is 6.30. The zero-order valence-corrected chi connectivity index (χ0v) is 15.3. The molecule has 0 radical (unpaired) electrons. The molecule has 0 aliphatic rings. The van der Waals surface area contributed by atoms with E-state index in [9.17, 15) is 9.18 Å². The molecule has 1 atom stereocenters. The van der Waals surface area contributed by atoms with Crippen LogP contribution in [0.5, 0.6) is 0 Å². The highest BCUT2D eigenvalue weighted by atomic mass is 19.1. The van der Waals surface area contributed by atoms with Crippen LogP contribution in [0, 0.1) is 11.7 Å². The monoisotopic (exact) mass is 350 g/mol. The Balaban J connectivity index is 1.93. The summed E-state index contributed by atoms with van der Waals surface area (Å²) in [5.74, 6) is -0.191. The van der Waals surface area contributed by atoms with Crippen molar-refractivity contribution in [1.29, 1.82) is 0 Å². The Labute approximate surface area is 153 Å². The van der Waals surface area contributed by atoms with E-state index >= 15 is 0 Å². The molecule has 4 heteroatoms. The minimum atomic E-state index is -0.497. The van der Waals surface area contributed by atoms with Crippen molar-refractivity contribution in [2.45, 2.75) is 32.7 Å². The summed E-state index contributed by atoms with van der Waals surface area (Å²) in [4.78, 5) is 17.0. The van der Waals surface area contributed by atoms with Crippen LogP contribution in [0.1, 0.15) is 43.1 Å². The SMILES string of the molecule is CC(C)CC(C)(NC(=O)c1cnc2c(F)cccc2c1)c1ccccc1. The first-order chi connectivity index (χ1) is 12.4. The third kappa shape index (κ3) is 3.74. The number of hydrogen-bond acceptors (Lipinski definition) is 2. The van der Waals surface area contributed by atoms with E-state index in [1.807, 2.05) is 37.3 Å². The van der Waals surface area contributed by atoms with Gasteiger partial charge in [-0.05, 0) is 37.0 Å². The maximum atomic E-state index is 13.8. The van der Waals surface area contributed by atoms with Gasteiger partial charge < -0.3 is 5.32 Å². The summed E-state index contributed by atoms with van der Waals surface area (Å²) >= 11 is 0. The van der Waals surface area contributed by atoms with E-state index in [-0.39, 0.29) is 17.2 Å². The molecule has 1 amide bonds. The van der Waals surface area contributed by atoms with Crippen LogP contribution in [-0.4, -0.2) is 10.9 Å². The van der Waals surface area contributed by atoms with Crippen LogP contribution in [0.2, 0.25) is 0 Å². The van der Waals surface area contributed by atoms with Gasteiger partial charge in [0.2, 0.25) is 0 Å². The molecule has 0 fully saturated rings. The molecule has 1 N–H and O–H groups in total. The van der Waals surface area contributed by atoms with Crippen LogP contribution in [0.15, 0.2) is 60.8 Å². The molecular formula is C22H23FN2O. The van der Waals surface area contributed by atoms with Gasteiger partial charge in [0.25, 0.3) is 5.91 Å². The van der Waals surface area contributed by atoms with Gasteiger partial charge in [-0.3, -0.25) is 9.78 Å². The molecule has 3 aromatic rings. The summed E-state index contributed by atoms with van der Waals surface area (Å²) in [7, 11) is 0. The van der Waals surface area contributed by atoms with Gasteiger partial charge in [0.1, 0.15) is 11.3 Å². The Morgan fingerprint density at radius 3 is 2.58 bits per heavy atom. The van der Waals surface area contributed by atoms with Crippen LogP contribution in [0.3, 0.4) is 0 Å².